The summed E-state index contributed by atoms with van der Waals surface area (Å²) in [5.41, 5.74) is 24.9. The molecule has 9 aromatic carbocycles. The molecule has 1 heteroatoms. The fourth-order valence-electron chi connectivity index (χ4n) is 13.0. The third kappa shape index (κ3) is 5.91. The van der Waals surface area contributed by atoms with Crippen molar-refractivity contribution in [2.45, 2.75) is 50.4 Å². The summed E-state index contributed by atoms with van der Waals surface area (Å²) in [5, 5.41) is 0. The van der Waals surface area contributed by atoms with Crippen molar-refractivity contribution in [3.8, 4) is 66.8 Å². The first-order valence-corrected chi connectivity index (χ1v) is 23.7. The molecule has 0 heterocycles. The molecule has 2 fully saturated rings. The van der Waals surface area contributed by atoms with Crippen molar-refractivity contribution in [3.63, 3.8) is 0 Å². The Morgan fingerprint density at radius 3 is 1.51 bits per heavy atom. The molecule has 2 saturated carbocycles. The van der Waals surface area contributed by atoms with Crippen molar-refractivity contribution < 1.29 is 0 Å². The average Bonchev–Trinajstić information content (AvgIpc) is 4.12. The highest BCUT2D eigenvalue weighted by Gasteiger charge is 2.56. The van der Waals surface area contributed by atoms with E-state index in [-0.39, 0.29) is 10.8 Å². The molecule has 13 rings (SSSR count). The number of benzene rings is 9. The molecule has 0 N–H and O–H groups in total. The van der Waals surface area contributed by atoms with Crippen LogP contribution in [0.25, 0.3) is 66.8 Å². The predicted molar refractivity (Wildman–Crippen MR) is 272 cm³/mol. The van der Waals surface area contributed by atoms with Crippen LogP contribution in [0.2, 0.25) is 0 Å². The summed E-state index contributed by atoms with van der Waals surface area (Å²) in [6, 6.07) is 79.7. The SMILES string of the molecule is CC1(C)c2ccccc2-c2cccc(-c3cccc(N(c4ccc(-c5ccc(-c6ccc(-c7ccccc7)cc6)cc5)cc4)c4ccc5c(c4)C4(CC6CCC4C6)c4ccccc4-5)c3)c21. The Bertz CT molecular complexity index is 3280. The van der Waals surface area contributed by atoms with Crippen LogP contribution in [0.5, 0.6) is 0 Å². The van der Waals surface area contributed by atoms with E-state index >= 15 is 0 Å². The molecule has 1 nitrogen and oxygen atoms in total. The van der Waals surface area contributed by atoms with Gasteiger partial charge < -0.3 is 4.90 Å². The van der Waals surface area contributed by atoms with Crippen molar-refractivity contribution >= 4 is 17.1 Å². The molecule has 3 atom stereocenters. The molecule has 3 unspecified atom stereocenters. The van der Waals surface area contributed by atoms with E-state index in [0.717, 1.165) is 11.6 Å². The first-order valence-electron chi connectivity index (χ1n) is 23.7. The first kappa shape index (κ1) is 38.3. The van der Waals surface area contributed by atoms with Crippen LogP contribution in [0, 0.1) is 11.8 Å². The fraction of sp³-hybridized carbons (Fsp3) is 0.156. The molecule has 0 aliphatic heterocycles. The molecular formula is C64H51N. The summed E-state index contributed by atoms with van der Waals surface area (Å²) in [6.07, 6.45) is 5.34. The van der Waals surface area contributed by atoms with Gasteiger partial charge in [0.1, 0.15) is 0 Å². The van der Waals surface area contributed by atoms with Gasteiger partial charge in [-0.05, 0) is 157 Å². The van der Waals surface area contributed by atoms with Gasteiger partial charge in [-0.2, -0.15) is 0 Å². The van der Waals surface area contributed by atoms with Crippen LogP contribution in [0.3, 0.4) is 0 Å². The number of fused-ring (bicyclic) bond motifs is 11. The second kappa shape index (κ2) is 14.7. The van der Waals surface area contributed by atoms with Crippen LogP contribution in [0.15, 0.2) is 212 Å². The second-order valence-electron chi connectivity index (χ2n) is 19.7. The topological polar surface area (TPSA) is 3.24 Å². The van der Waals surface area contributed by atoms with Crippen LogP contribution in [0.4, 0.5) is 17.1 Å². The van der Waals surface area contributed by atoms with Crippen LogP contribution in [-0.2, 0) is 10.8 Å². The van der Waals surface area contributed by atoms with Gasteiger partial charge in [0.25, 0.3) is 0 Å². The zero-order valence-corrected chi connectivity index (χ0v) is 37.1. The van der Waals surface area contributed by atoms with Gasteiger partial charge in [-0.3, -0.25) is 0 Å². The van der Waals surface area contributed by atoms with Gasteiger partial charge in [0, 0.05) is 27.9 Å². The van der Waals surface area contributed by atoms with Crippen molar-refractivity contribution in [2.24, 2.45) is 11.8 Å². The highest BCUT2D eigenvalue weighted by atomic mass is 15.1. The minimum atomic E-state index is -0.108. The summed E-state index contributed by atoms with van der Waals surface area (Å²) in [7, 11) is 0. The van der Waals surface area contributed by atoms with Gasteiger partial charge in [0.2, 0.25) is 0 Å². The van der Waals surface area contributed by atoms with Crippen molar-refractivity contribution in [3.05, 3.63) is 235 Å². The lowest BCUT2D eigenvalue weighted by molar-refractivity contribution is 0.327. The van der Waals surface area contributed by atoms with E-state index < -0.39 is 0 Å². The van der Waals surface area contributed by atoms with Gasteiger partial charge in [-0.15, -0.1) is 0 Å². The summed E-state index contributed by atoms with van der Waals surface area (Å²) < 4.78 is 0. The lowest BCUT2D eigenvalue weighted by Crippen LogP contribution is -2.32. The van der Waals surface area contributed by atoms with E-state index in [4.69, 9.17) is 0 Å². The maximum atomic E-state index is 2.59. The summed E-state index contributed by atoms with van der Waals surface area (Å²) >= 11 is 0. The van der Waals surface area contributed by atoms with Crippen LogP contribution in [-0.4, -0.2) is 0 Å². The summed E-state index contributed by atoms with van der Waals surface area (Å²) in [4.78, 5) is 2.52. The largest absolute Gasteiger partial charge is 0.310 e. The monoisotopic (exact) mass is 833 g/mol. The normalized spacial score (nSPS) is 19.2. The van der Waals surface area contributed by atoms with E-state index in [1.165, 1.54) is 121 Å². The molecule has 312 valence electrons. The standard InChI is InChI=1S/C64H51N/c1-63(2)59-20-8-6-17-56(59)58-19-11-18-54(62(58)63)49-14-10-15-52(39-49)65(53-36-37-57-55-16-7-9-21-60(55)64(61(57)40-53)41-42-22-33-50(64)38-42)51-34-31-48(32-35-51)47-29-27-46(28-30-47)45-25-23-44(24-26-45)43-12-4-3-5-13-43/h3-21,23-32,34-37,39-40,42,50H,22,33,38,41H2,1-2H3. The molecule has 1 spiro atoms. The Morgan fingerprint density at radius 2 is 0.862 bits per heavy atom. The number of hydrogen-bond acceptors (Lipinski definition) is 1. The quantitative estimate of drug-likeness (QED) is 0.155. The van der Waals surface area contributed by atoms with Crippen molar-refractivity contribution in [1.82, 2.24) is 0 Å². The Kier molecular flexibility index (Phi) is 8.63. The van der Waals surface area contributed by atoms with E-state index in [1.807, 2.05) is 0 Å². The minimum absolute atomic E-state index is 0.101. The predicted octanol–water partition coefficient (Wildman–Crippen LogP) is 17.2. The highest BCUT2D eigenvalue weighted by molar-refractivity contribution is 5.91. The molecule has 9 aromatic rings. The third-order valence-electron chi connectivity index (χ3n) is 16.0. The lowest BCUT2D eigenvalue weighted by atomic mass is 9.67. The number of nitrogens with zero attached hydrogens (tertiary/aromatic N) is 1. The molecule has 0 saturated heterocycles. The number of hydrogen-bond donors (Lipinski definition) is 0. The van der Waals surface area contributed by atoms with Crippen LogP contribution in [0.1, 0.15) is 61.8 Å². The molecule has 4 aliphatic carbocycles. The molecule has 0 radical (unpaired) electrons. The van der Waals surface area contributed by atoms with E-state index in [9.17, 15) is 0 Å². The zero-order valence-electron chi connectivity index (χ0n) is 37.1. The van der Waals surface area contributed by atoms with Gasteiger partial charge in [0.15, 0.2) is 0 Å². The second-order valence-corrected chi connectivity index (χ2v) is 19.7. The summed E-state index contributed by atoms with van der Waals surface area (Å²) in [5.74, 6) is 1.52. The smallest absolute Gasteiger partial charge is 0.0467 e. The third-order valence-corrected chi connectivity index (χ3v) is 16.0. The Hall–Kier alpha value is -7.22. The van der Waals surface area contributed by atoms with Gasteiger partial charge >= 0.3 is 0 Å². The van der Waals surface area contributed by atoms with Crippen LogP contribution >= 0.6 is 0 Å². The number of anilines is 3. The maximum absolute atomic E-state index is 2.59. The Balaban J connectivity index is 0.898. The molecule has 0 aromatic heterocycles. The van der Waals surface area contributed by atoms with E-state index in [0.29, 0.717) is 5.92 Å². The molecule has 65 heavy (non-hydrogen) atoms. The zero-order chi connectivity index (χ0) is 43.3. The molecular weight excluding hydrogens is 783 g/mol. The van der Waals surface area contributed by atoms with Crippen LogP contribution < -0.4 is 4.90 Å². The molecule has 0 amide bonds. The van der Waals surface area contributed by atoms with E-state index in [1.54, 1.807) is 5.56 Å². The van der Waals surface area contributed by atoms with Crippen molar-refractivity contribution in [1.29, 1.82) is 0 Å². The fourth-order valence-corrected chi connectivity index (χ4v) is 13.0. The maximum Gasteiger partial charge on any atom is 0.0467 e. The number of rotatable bonds is 7. The highest BCUT2D eigenvalue weighted by Crippen LogP contribution is 2.66. The van der Waals surface area contributed by atoms with Gasteiger partial charge in [-0.25, -0.2) is 0 Å². The molecule has 2 bridgehead atoms. The minimum Gasteiger partial charge on any atom is -0.310 e. The first-order chi connectivity index (χ1) is 31.9. The Morgan fingerprint density at radius 1 is 0.369 bits per heavy atom. The average molecular weight is 834 g/mol. The van der Waals surface area contributed by atoms with E-state index in [2.05, 4.69) is 231 Å². The molecule has 4 aliphatic rings. The summed E-state index contributed by atoms with van der Waals surface area (Å²) in [6.45, 7) is 4.79. The van der Waals surface area contributed by atoms with Gasteiger partial charge in [-0.1, -0.05) is 196 Å². The Labute approximate surface area is 383 Å². The van der Waals surface area contributed by atoms with Gasteiger partial charge in [0.05, 0.1) is 0 Å². The lowest BCUT2D eigenvalue weighted by Gasteiger charge is -2.37. The van der Waals surface area contributed by atoms with Crippen molar-refractivity contribution in [2.75, 3.05) is 4.90 Å².